The predicted molar refractivity (Wildman–Crippen MR) is 124 cm³/mol. The van der Waals surface area contributed by atoms with Crippen LogP contribution in [0.25, 0.3) is 0 Å². The van der Waals surface area contributed by atoms with Crippen molar-refractivity contribution in [1.29, 1.82) is 0 Å². The van der Waals surface area contributed by atoms with E-state index in [1.807, 2.05) is 30.6 Å². The molecule has 0 N–H and O–H groups in total. The molecule has 31 heavy (non-hydrogen) atoms. The predicted octanol–water partition coefficient (Wildman–Crippen LogP) is 4.01. The lowest BCUT2D eigenvalue weighted by Crippen LogP contribution is -2.52. The topological polar surface area (TPSA) is 37.7 Å². The summed E-state index contributed by atoms with van der Waals surface area (Å²) in [5.74, 6) is 0.780. The number of hydrogen-bond acceptors (Lipinski definition) is 3. The Bertz CT molecular complexity index is 790. The molecule has 1 amide bonds. The summed E-state index contributed by atoms with van der Waals surface area (Å²) in [6.07, 6.45) is 11.1. The zero-order chi connectivity index (χ0) is 21.5. The van der Waals surface area contributed by atoms with E-state index in [0.717, 1.165) is 6.54 Å². The van der Waals surface area contributed by atoms with Crippen LogP contribution in [0.5, 0.6) is 0 Å². The minimum Gasteiger partial charge on any atom is -0.383 e. The Morgan fingerprint density at radius 2 is 1.84 bits per heavy atom. The van der Waals surface area contributed by atoms with E-state index in [2.05, 4.69) is 38.6 Å². The van der Waals surface area contributed by atoms with Gasteiger partial charge in [0.1, 0.15) is 6.04 Å². The van der Waals surface area contributed by atoms with Crippen molar-refractivity contribution in [1.82, 2.24) is 14.4 Å². The van der Waals surface area contributed by atoms with Gasteiger partial charge in [-0.05, 0) is 62.4 Å². The molecule has 0 saturated carbocycles. The van der Waals surface area contributed by atoms with Crippen LogP contribution in [0.1, 0.15) is 43.7 Å². The molecule has 2 saturated heterocycles. The molecule has 5 nitrogen and oxygen atoms in total. The first-order valence-corrected chi connectivity index (χ1v) is 11.9. The minimum atomic E-state index is -0.222. The number of methoxy groups -OCH3 is 1. The van der Waals surface area contributed by atoms with E-state index in [1.165, 1.54) is 50.8 Å². The number of nitrogens with zero attached hydrogens (tertiary/aromatic N) is 3. The average Bonchev–Trinajstić information content (AvgIpc) is 3.35. The summed E-state index contributed by atoms with van der Waals surface area (Å²) in [6, 6.07) is 14.8. The van der Waals surface area contributed by atoms with Gasteiger partial charge in [0.2, 0.25) is 5.91 Å². The molecule has 2 aliphatic rings. The highest BCUT2D eigenvalue weighted by Crippen LogP contribution is 2.32. The normalized spacial score (nSPS) is 22.6. The number of carbonyl (C=O) groups excluding carboxylic acids is 1. The van der Waals surface area contributed by atoms with E-state index in [9.17, 15) is 4.79 Å². The summed E-state index contributed by atoms with van der Waals surface area (Å²) in [5, 5.41) is 0. The second-order valence-corrected chi connectivity index (χ2v) is 9.11. The minimum absolute atomic E-state index is 0.213. The van der Waals surface area contributed by atoms with Gasteiger partial charge < -0.3 is 19.1 Å². The molecule has 3 heterocycles. The van der Waals surface area contributed by atoms with Gasteiger partial charge in [-0.25, -0.2) is 0 Å². The van der Waals surface area contributed by atoms with E-state index < -0.39 is 0 Å². The first-order chi connectivity index (χ1) is 15.3. The monoisotopic (exact) mass is 423 g/mol. The molecule has 4 rings (SSSR count). The number of rotatable bonds is 9. The van der Waals surface area contributed by atoms with Gasteiger partial charge in [0.25, 0.3) is 0 Å². The summed E-state index contributed by atoms with van der Waals surface area (Å²) >= 11 is 0. The van der Waals surface area contributed by atoms with E-state index >= 15 is 0 Å². The van der Waals surface area contributed by atoms with Crippen LogP contribution in [-0.2, 0) is 16.0 Å². The number of aromatic nitrogens is 1. The van der Waals surface area contributed by atoms with Crippen molar-refractivity contribution < 1.29 is 9.53 Å². The maximum absolute atomic E-state index is 13.9. The van der Waals surface area contributed by atoms with Crippen LogP contribution in [0, 0.1) is 5.92 Å². The number of piperidine rings is 2. The first kappa shape index (κ1) is 22.1. The van der Waals surface area contributed by atoms with Crippen LogP contribution in [0.4, 0.5) is 0 Å². The van der Waals surface area contributed by atoms with Crippen LogP contribution in [-0.4, -0.2) is 66.2 Å². The molecule has 0 aliphatic carbocycles. The Labute approximate surface area is 187 Å². The number of ether oxygens (including phenoxy) is 1. The molecule has 1 aromatic carbocycles. The third-order valence-corrected chi connectivity index (χ3v) is 7.10. The Balaban J connectivity index is 1.53. The second-order valence-electron chi connectivity index (χ2n) is 9.11. The molecule has 0 radical (unpaired) electrons. The molecular weight excluding hydrogens is 386 g/mol. The van der Waals surface area contributed by atoms with Gasteiger partial charge in [0, 0.05) is 45.1 Å². The van der Waals surface area contributed by atoms with Crippen molar-refractivity contribution in [2.75, 3.05) is 39.9 Å². The summed E-state index contributed by atoms with van der Waals surface area (Å²) in [5.41, 5.74) is 1.19. The molecule has 2 aliphatic heterocycles. The molecule has 2 fully saturated rings. The largest absolute Gasteiger partial charge is 0.383 e. The molecule has 3 atom stereocenters. The fraction of sp³-hybridized carbons (Fsp3) is 0.577. The molecular formula is C26H37N3O2. The first-order valence-electron chi connectivity index (χ1n) is 11.9. The highest BCUT2D eigenvalue weighted by molar-refractivity contribution is 5.81. The number of benzene rings is 1. The summed E-state index contributed by atoms with van der Waals surface area (Å²) in [7, 11) is 1.72. The fourth-order valence-corrected chi connectivity index (χ4v) is 5.49. The van der Waals surface area contributed by atoms with Gasteiger partial charge in [0.05, 0.1) is 6.61 Å². The summed E-state index contributed by atoms with van der Waals surface area (Å²) < 4.78 is 7.47. The number of hydrogen-bond donors (Lipinski definition) is 0. The van der Waals surface area contributed by atoms with E-state index in [0.29, 0.717) is 31.5 Å². The number of carbonyl (C=O) groups is 1. The highest BCUT2D eigenvalue weighted by Gasteiger charge is 2.36. The number of amides is 1. The zero-order valence-electron chi connectivity index (χ0n) is 18.9. The van der Waals surface area contributed by atoms with Gasteiger partial charge >= 0.3 is 0 Å². The van der Waals surface area contributed by atoms with Crippen molar-refractivity contribution in [2.24, 2.45) is 5.92 Å². The van der Waals surface area contributed by atoms with Crippen LogP contribution >= 0.6 is 0 Å². The quantitative estimate of drug-likeness (QED) is 0.612. The highest BCUT2D eigenvalue weighted by atomic mass is 16.5. The molecule has 3 unspecified atom stereocenters. The average molecular weight is 424 g/mol. The van der Waals surface area contributed by atoms with Crippen LogP contribution in [0.3, 0.4) is 0 Å². The van der Waals surface area contributed by atoms with Crippen molar-refractivity contribution in [2.45, 2.75) is 50.6 Å². The van der Waals surface area contributed by atoms with E-state index in [1.54, 1.807) is 7.11 Å². The van der Waals surface area contributed by atoms with Gasteiger partial charge in [0.15, 0.2) is 0 Å². The molecule has 5 heteroatoms. The molecule has 168 valence electrons. The third-order valence-electron chi connectivity index (χ3n) is 7.10. The summed E-state index contributed by atoms with van der Waals surface area (Å²) in [4.78, 5) is 18.7. The summed E-state index contributed by atoms with van der Waals surface area (Å²) in [6.45, 7) is 4.54. The number of fused-ring (bicyclic) bond motifs is 1. The molecule has 0 spiro atoms. The Hall–Kier alpha value is -2.11. The molecule has 0 bridgehead atoms. The van der Waals surface area contributed by atoms with Crippen LogP contribution in [0.15, 0.2) is 54.9 Å². The molecule has 2 aromatic rings. The van der Waals surface area contributed by atoms with Crippen molar-refractivity contribution in [3.8, 4) is 0 Å². The smallest absolute Gasteiger partial charge is 0.246 e. The maximum atomic E-state index is 13.9. The third kappa shape index (κ3) is 5.58. The second kappa shape index (κ2) is 11.0. The Kier molecular flexibility index (Phi) is 7.81. The van der Waals surface area contributed by atoms with Crippen molar-refractivity contribution in [3.63, 3.8) is 0 Å². The van der Waals surface area contributed by atoms with Gasteiger partial charge in [-0.15, -0.1) is 0 Å². The Morgan fingerprint density at radius 1 is 1.06 bits per heavy atom. The zero-order valence-corrected chi connectivity index (χ0v) is 18.9. The van der Waals surface area contributed by atoms with Gasteiger partial charge in [-0.3, -0.25) is 4.79 Å². The fourth-order valence-electron chi connectivity index (χ4n) is 5.49. The van der Waals surface area contributed by atoms with Crippen LogP contribution in [0.2, 0.25) is 0 Å². The maximum Gasteiger partial charge on any atom is 0.246 e. The van der Waals surface area contributed by atoms with Crippen molar-refractivity contribution in [3.05, 3.63) is 60.4 Å². The van der Waals surface area contributed by atoms with Crippen LogP contribution < -0.4 is 0 Å². The molecule has 1 aromatic heterocycles. The standard InChI is InChI=1S/C26H37N3O2/c1-31-19-18-29(21-23-12-9-17-27-14-6-5-13-24(23)27)26(30)25(28-15-7-8-16-28)20-22-10-3-2-4-11-22/h2-4,7-8,10-11,15-16,23-25H,5-6,9,12-14,17-21H2,1H3. The SMILES string of the molecule is COCCN(CC1CCCN2CCCCC12)C(=O)C(Cc1ccccc1)n1cccc1. The lowest BCUT2D eigenvalue weighted by atomic mass is 9.83. The van der Waals surface area contributed by atoms with Crippen molar-refractivity contribution >= 4 is 5.91 Å². The van der Waals surface area contributed by atoms with Gasteiger partial charge in [-0.1, -0.05) is 36.8 Å². The van der Waals surface area contributed by atoms with E-state index in [-0.39, 0.29) is 11.9 Å². The lowest BCUT2D eigenvalue weighted by Gasteiger charge is -2.46. The Morgan fingerprint density at radius 3 is 2.61 bits per heavy atom. The van der Waals surface area contributed by atoms with Gasteiger partial charge in [-0.2, -0.15) is 0 Å². The van der Waals surface area contributed by atoms with E-state index in [4.69, 9.17) is 4.74 Å². The lowest BCUT2D eigenvalue weighted by molar-refractivity contribution is -0.137.